The minimum absolute atomic E-state index is 0.0692. The van der Waals surface area contributed by atoms with Gasteiger partial charge in [0, 0.05) is 20.0 Å². The number of hydrogen-bond acceptors (Lipinski definition) is 2. The minimum Gasteiger partial charge on any atom is -0.344 e. The highest BCUT2D eigenvalue weighted by Gasteiger charge is 2.51. The standard InChI is InChI=1S/C17H26N2O/c1-12(10-18)11-19(2)16(20)9-17-6-13-3-14(7-17)5-15(4-13)8-17/h12-15H,3-9,11H2,1-2H3. The summed E-state index contributed by atoms with van der Waals surface area (Å²) >= 11 is 0. The Hall–Kier alpha value is -1.04. The van der Waals surface area contributed by atoms with Gasteiger partial charge in [-0.2, -0.15) is 5.26 Å². The van der Waals surface area contributed by atoms with Gasteiger partial charge >= 0.3 is 0 Å². The quantitative estimate of drug-likeness (QED) is 0.790. The summed E-state index contributed by atoms with van der Waals surface area (Å²) in [5.41, 5.74) is 0.315. The van der Waals surface area contributed by atoms with Crippen molar-refractivity contribution in [3.63, 3.8) is 0 Å². The maximum absolute atomic E-state index is 12.5. The highest BCUT2D eigenvalue weighted by atomic mass is 16.2. The molecule has 110 valence electrons. The van der Waals surface area contributed by atoms with E-state index in [1.807, 2.05) is 14.0 Å². The summed E-state index contributed by atoms with van der Waals surface area (Å²) in [4.78, 5) is 14.3. The Kier molecular flexibility index (Phi) is 3.52. The molecule has 4 saturated carbocycles. The van der Waals surface area contributed by atoms with Crippen molar-refractivity contribution in [3.8, 4) is 6.07 Å². The fourth-order valence-corrected chi connectivity index (χ4v) is 5.52. The zero-order valence-electron chi connectivity index (χ0n) is 12.8. The zero-order valence-corrected chi connectivity index (χ0v) is 12.8. The molecule has 1 atom stereocenters. The van der Waals surface area contributed by atoms with E-state index in [0.717, 1.165) is 24.2 Å². The Bertz CT molecular complexity index is 401. The van der Waals surface area contributed by atoms with Gasteiger partial charge in [0.2, 0.25) is 5.91 Å². The van der Waals surface area contributed by atoms with Gasteiger partial charge in [0.05, 0.1) is 12.0 Å². The molecular weight excluding hydrogens is 248 g/mol. The van der Waals surface area contributed by atoms with E-state index >= 15 is 0 Å². The number of amides is 1. The highest BCUT2D eigenvalue weighted by Crippen LogP contribution is 2.61. The molecule has 4 bridgehead atoms. The SMILES string of the molecule is CC(C#N)CN(C)C(=O)CC12CC3CC(CC(C3)C1)C2. The summed E-state index contributed by atoms with van der Waals surface area (Å²) in [5.74, 6) is 2.89. The molecule has 0 spiro atoms. The lowest BCUT2D eigenvalue weighted by Crippen LogP contribution is -2.48. The van der Waals surface area contributed by atoms with E-state index in [1.165, 1.54) is 38.5 Å². The molecule has 0 aliphatic heterocycles. The van der Waals surface area contributed by atoms with Crippen molar-refractivity contribution in [2.75, 3.05) is 13.6 Å². The van der Waals surface area contributed by atoms with Gasteiger partial charge in [0.1, 0.15) is 0 Å². The summed E-state index contributed by atoms with van der Waals surface area (Å²) in [6.45, 7) is 2.45. The lowest BCUT2D eigenvalue weighted by atomic mass is 9.49. The molecule has 0 saturated heterocycles. The van der Waals surface area contributed by atoms with Gasteiger partial charge in [-0.1, -0.05) is 0 Å². The number of nitriles is 1. The monoisotopic (exact) mass is 274 g/mol. The third-order valence-electron chi connectivity index (χ3n) is 5.89. The zero-order chi connectivity index (χ0) is 14.3. The molecule has 0 N–H and O–H groups in total. The van der Waals surface area contributed by atoms with Crippen LogP contribution in [0.5, 0.6) is 0 Å². The van der Waals surface area contributed by atoms with E-state index in [9.17, 15) is 4.79 Å². The number of nitrogens with zero attached hydrogens (tertiary/aromatic N) is 2. The van der Waals surface area contributed by atoms with E-state index in [0.29, 0.717) is 12.0 Å². The van der Waals surface area contributed by atoms with Crippen LogP contribution in [0.25, 0.3) is 0 Å². The first-order valence-electron chi connectivity index (χ1n) is 8.13. The molecular formula is C17H26N2O. The average Bonchev–Trinajstić information content (AvgIpc) is 2.36. The number of hydrogen-bond donors (Lipinski definition) is 0. The molecule has 0 heterocycles. The van der Waals surface area contributed by atoms with Gasteiger partial charge in [0.15, 0.2) is 0 Å². The predicted octanol–water partition coefficient (Wildman–Crippen LogP) is 3.21. The van der Waals surface area contributed by atoms with Crippen LogP contribution in [0.3, 0.4) is 0 Å². The Morgan fingerprint density at radius 1 is 1.25 bits per heavy atom. The van der Waals surface area contributed by atoms with Gasteiger partial charge in [-0.05, 0) is 68.6 Å². The Labute approximate surface area is 122 Å². The minimum atomic E-state index is -0.0692. The number of carbonyl (C=O) groups excluding carboxylic acids is 1. The lowest BCUT2D eigenvalue weighted by molar-refractivity contribution is -0.138. The first kappa shape index (κ1) is 13.9. The molecule has 0 aromatic heterocycles. The van der Waals surface area contributed by atoms with Crippen molar-refractivity contribution < 1.29 is 4.79 Å². The van der Waals surface area contributed by atoms with E-state index < -0.39 is 0 Å². The van der Waals surface area contributed by atoms with Crippen molar-refractivity contribution in [3.05, 3.63) is 0 Å². The molecule has 0 radical (unpaired) electrons. The van der Waals surface area contributed by atoms with Crippen molar-refractivity contribution >= 4 is 5.91 Å². The largest absolute Gasteiger partial charge is 0.344 e. The molecule has 4 fully saturated rings. The maximum atomic E-state index is 12.5. The topological polar surface area (TPSA) is 44.1 Å². The predicted molar refractivity (Wildman–Crippen MR) is 77.6 cm³/mol. The summed E-state index contributed by atoms with van der Waals surface area (Å²) in [7, 11) is 1.86. The second-order valence-electron chi connectivity index (χ2n) is 7.90. The van der Waals surface area contributed by atoms with Crippen LogP contribution in [-0.2, 0) is 4.79 Å². The van der Waals surface area contributed by atoms with Crippen LogP contribution in [-0.4, -0.2) is 24.4 Å². The summed E-state index contributed by atoms with van der Waals surface area (Å²) in [6.07, 6.45) is 8.86. The fourth-order valence-electron chi connectivity index (χ4n) is 5.52. The van der Waals surface area contributed by atoms with Crippen LogP contribution < -0.4 is 0 Å². The van der Waals surface area contributed by atoms with Gasteiger partial charge in [-0.3, -0.25) is 4.79 Å². The molecule has 3 nitrogen and oxygen atoms in total. The Morgan fingerprint density at radius 2 is 1.75 bits per heavy atom. The summed E-state index contributed by atoms with van der Waals surface area (Å²) in [6, 6.07) is 2.22. The van der Waals surface area contributed by atoms with E-state index in [4.69, 9.17) is 5.26 Å². The average molecular weight is 274 g/mol. The molecule has 20 heavy (non-hydrogen) atoms. The molecule has 0 aromatic rings. The molecule has 4 aliphatic carbocycles. The Morgan fingerprint density at radius 3 is 2.20 bits per heavy atom. The number of carbonyl (C=O) groups is 1. The van der Waals surface area contributed by atoms with Crippen LogP contribution in [0.2, 0.25) is 0 Å². The second kappa shape index (κ2) is 5.06. The van der Waals surface area contributed by atoms with Gasteiger partial charge in [-0.25, -0.2) is 0 Å². The van der Waals surface area contributed by atoms with Gasteiger partial charge in [0.25, 0.3) is 0 Å². The van der Waals surface area contributed by atoms with Crippen molar-refractivity contribution in [2.45, 2.75) is 51.9 Å². The fraction of sp³-hybridized carbons (Fsp3) is 0.882. The second-order valence-corrected chi connectivity index (χ2v) is 7.90. The maximum Gasteiger partial charge on any atom is 0.222 e. The third kappa shape index (κ3) is 2.57. The highest BCUT2D eigenvalue weighted by molar-refractivity contribution is 5.76. The molecule has 0 aromatic carbocycles. The normalized spacial score (nSPS) is 39.4. The van der Waals surface area contributed by atoms with Crippen molar-refractivity contribution in [2.24, 2.45) is 29.1 Å². The first-order valence-corrected chi connectivity index (χ1v) is 8.13. The molecule has 4 aliphatic rings. The molecule has 4 rings (SSSR count). The van der Waals surface area contributed by atoms with Crippen molar-refractivity contribution in [1.29, 1.82) is 5.26 Å². The molecule has 1 unspecified atom stereocenters. The smallest absolute Gasteiger partial charge is 0.222 e. The molecule has 3 heteroatoms. The third-order valence-corrected chi connectivity index (χ3v) is 5.89. The number of rotatable bonds is 4. The lowest BCUT2D eigenvalue weighted by Gasteiger charge is -2.56. The van der Waals surface area contributed by atoms with Gasteiger partial charge in [-0.15, -0.1) is 0 Å². The first-order chi connectivity index (χ1) is 9.49. The van der Waals surface area contributed by atoms with Crippen LogP contribution >= 0.6 is 0 Å². The van der Waals surface area contributed by atoms with E-state index in [2.05, 4.69) is 6.07 Å². The van der Waals surface area contributed by atoms with Crippen LogP contribution in [0.4, 0.5) is 0 Å². The summed E-state index contributed by atoms with van der Waals surface area (Å²) < 4.78 is 0. The van der Waals surface area contributed by atoms with Crippen LogP contribution in [0.1, 0.15) is 51.9 Å². The van der Waals surface area contributed by atoms with E-state index in [-0.39, 0.29) is 11.8 Å². The van der Waals surface area contributed by atoms with Gasteiger partial charge < -0.3 is 4.90 Å². The molecule has 1 amide bonds. The Balaban J connectivity index is 1.63. The summed E-state index contributed by atoms with van der Waals surface area (Å²) in [5, 5.41) is 8.88. The van der Waals surface area contributed by atoms with Crippen molar-refractivity contribution in [1.82, 2.24) is 4.90 Å². The van der Waals surface area contributed by atoms with Crippen LogP contribution in [0.15, 0.2) is 0 Å². The van der Waals surface area contributed by atoms with Crippen LogP contribution in [0, 0.1) is 40.4 Å². The van der Waals surface area contributed by atoms with E-state index in [1.54, 1.807) is 4.90 Å².